The number of hydrogen-bond donors (Lipinski definition) is 1. The molecule has 0 spiro atoms. The highest BCUT2D eigenvalue weighted by Gasteiger charge is 2.15. The molecular formula is C26H24O8. The third kappa shape index (κ3) is 6.52. The van der Waals surface area contributed by atoms with Crippen molar-refractivity contribution in [3.05, 3.63) is 94.5 Å². The van der Waals surface area contributed by atoms with Gasteiger partial charge in [-0.25, -0.2) is 19.2 Å². The third-order valence-electron chi connectivity index (χ3n) is 4.47. The molecule has 0 unspecified atom stereocenters. The van der Waals surface area contributed by atoms with Crippen molar-refractivity contribution in [2.75, 3.05) is 7.11 Å². The highest BCUT2D eigenvalue weighted by molar-refractivity contribution is 5.95. The van der Waals surface area contributed by atoms with Gasteiger partial charge in [-0.05, 0) is 79.2 Å². The van der Waals surface area contributed by atoms with Crippen LogP contribution >= 0.6 is 0 Å². The predicted molar refractivity (Wildman–Crippen MR) is 124 cm³/mol. The monoisotopic (exact) mass is 464 g/mol. The van der Waals surface area contributed by atoms with E-state index < -0.39 is 23.9 Å². The molecule has 0 bridgehead atoms. The molecule has 0 radical (unpaired) electrons. The summed E-state index contributed by atoms with van der Waals surface area (Å²) in [5.41, 5.74) is 1.36. The van der Waals surface area contributed by atoms with Gasteiger partial charge in [0.1, 0.15) is 11.5 Å². The van der Waals surface area contributed by atoms with Gasteiger partial charge in [0.15, 0.2) is 0 Å². The molecule has 0 amide bonds. The van der Waals surface area contributed by atoms with E-state index in [1.54, 1.807) is 6.92 Å². The smallest absolute Gasteiger partial charge is 0.343 e. The molecule has 0 atom stereocenters. The summed E-state index contributed by atoms with van der Waals surface area (Å²) in [6, 6.07) is 15.7. The lowest BCUT2D eigenvalue weighted by atomic mass is 10.1. The first-order valence-electron chi connectivity index (χ1n) is 10.3. The number of rotatable bonds is 6. The molecule has 8 nitrogen and oxygen atoms in total. The first kappa shape index (κ1) is 25.8. The minimum atomic E-state index is -1.09. The van der Waals surface area contributed by atoms with Gasteiger partial charge >= 0.3 is 23.9 Å². The molecule has 0 heterocycles. The van der Waals surface area contributed by atoms with E-state index in [0.29, 0.717) is 11.1 Å². The largest absolute Gasteiger partial charge is 0.478 e. The standard InChI is InChI=1S/C24H18O8.C2H6/c1-14-13-19(31-23(28)17-5-3-15(4-6-17)21(25)26)11-12-20(14)32-24(29)18-9-7-16(8-10-18)22(27)30-2;1-2/h3-13H,1-2H3,(H,25,26);1-2H3. The third-order valence-corrected chi connectivity index (χ3v) is 4.47. The van der Waals surface area contributed by atoms with Gasteiger partial charge in [-0.2, -0.15) is 0 Å². The van der Waals surface area contributed by atoms with E-state index in [9.17, 15) is 19.2 Å². The minimum Gasteiger partial charge on any atom is -0.478 e. The van der Waals surface area contributed by atoms with Crippen LogP contribution in [0.4, 0.5) is 0 Å². The molecule has 0 fully saturated rings. The fraction of sp³-hybridized carbons (Fsp3) is 0.154. The number of carboxylic acid groups (broad SMARTS) is 1. The molecule has 0 saturated heterocycles. The minimum absolute atomic E-state index is 0.0588. The van der Waals surface area contributed by atoms with Gasteiger partial charge in [-0.1, -0.05) is 13.8 Å². The summed E-state index contributed by atoms with van der Waals surface area (Å²) in [5.74, 6) is -2.37. The molecule has 176 valence electrons. The molecule has 0 aliphatic heterocycles. The van der Waals surface area contributed by atoms with Gasteiger partial charge in [-0.15, -0.1) is 0 Å². The van der Waals surface area contributed by atoms with E-state index in [4.69, 9.17) is 14.6 Å². The number of carbonyl (C=O) groups is 4. The van der Waals surface area contributed by atoms with Crippen LogP contribution in [0.1, 0.15) is 60.8 Å². The average molecular weight is 464 g/mol. The van der Waals surface area contributed by atoms with Crippen molar-refractivity contribution in [3.63, 3.8) is 0 Å². The lowest BCUT2D eigenvalue weighted by Crippen LogP contribution is -2.11. The van der Waals surface area contributed by atoms with Crippen LogP contribution in [0.15, 0.2) is 66.7 Å². The van der Waals surface area contributed by atoms with Crippen LogP contribution in [-0.2, 0) is 4.74 Å². The van der Waals surface area contributed by atoms with Crippen molar-refractivity contribution < 1.29 is 38.5 Å². The van der Waals surface area contributed by atoms with Crippen molar-refractivity contribution >= 4 is 23.9 Å². The summed E-state index contributed by atoms with van der Waals surface area (Å²) < 4.78 is 15.3. The Hall–Kier alpha value is -4.46. The molecule has 3 aromatic carbocycles. The predicted octanol–water partition coefficient (Wildman–Crippen LogP) is 4.94. The summed E-state index contributed by atoms with van der Waals surface area (Å²) in [7, 11) is 1.27. The molecule has 3 aromatic rings. The Morgan fingerprint density at radius 3 is 1.53 bits per heavy atom. The van der Waals surface area contributed by atoms with Crippen molar-refractivity contribution in [2.45, 2.75) is 20.8 Å². The van der Waals surface area contributed by atoms with Gasteiger partial charge < -0.3 is 19.3 Å². The second-order valence-electron chi connectivity index (χ2n) is 6.66. The maximum absolute atomic E-state index is 12.4. The molecular weight excluding hydrogens is 440 g/mol. The molecule has 0 saturated carbocycles. The fourth-order valence-corrected chi connectivity index (χ4v) is 2.73. The Bertz CT molecular complexity index is 1180. The molecule has 0 aromatic heterocycles. The van der Waals surface area contributed by atoms with Crippen molar-refractivity contribution in [3.8, 4) is 11.5 Å². The average Bonchev–Trinajstić information content (AvgIpc) is 2.86. The number of esters is 3. The van der Waals surface area contributed by atoms with E-state index in [1.165, 1.54) is 73.8 Å². The quantitative estimate of drug-likeness (QED) is 0.403. The Labute approximate surface area is 196 Å². The Kier molecular flexibility index (Phi) is 9.08. The lowest BCUT2D eigenvalue weighted by Gasteiger charge is -2.10. The second-order valence-corrected chi connectivity index (χ2v) is 6.66. The Balaban J connectivity index is 0.00000199. The van der Waals surface area contributed by atoms with Crippen LogP contribution in [0.25, 0.3) is 0 Å². The molecule has 1 N–H and O–H groups in total. The van der Waals surface area contributed by atoms with Gasteiger partial charge in [0.2, 0.25) is 0 Å². The molecule has 34 heavy (non-hydrogen) atoms. The maximum Gasteiger partial charge on any atom is 0.343 e. The van der Waals surface area contributed by atoms with Crippen LogP contribution in [0.3, 0.4) is 0 Å². The zero-order valence-corrected chi connectivity index (χ0v) is 19.2. The Morgan fingerprint density at radius 2 is 1.09 bits per heavy atom. The van der Waals surface area contributed by atoms with E-state index in [-0.39, 0.29) is 28.2 Å². The van der Waals surface area contributed by atoms with Crippen LogP contribution in [-0.4, -0.2) is 36.1 Å². The molecule has 0 aliphatic rings. The normalized spacial score (nSPS) is 9.76. The Morgan fingerprint density at radius 1 is 0.647 bits per heavy atom. The lowest BCUT2D eigenvalue weighted by molar-refractivity contribution is 0.0598. The summed E-state index contributed by atoms with van der Waals surface area (Å²) >= 11 is 0. The van der Waals surface area contributed by atoms with Gasteiger partial charge in [0.25, 0.3) is 0 Å². The molecule has 8 heteroatoms. The number of methoxy groups -OCH3 is 1. The number of carbonyl (C=O) groups excluding carboxylic acids is 3. The van der Waals surface area contributed by atoms with Crippen molar-refractivity contribution in [1.29, 1.82) is 0 Å². The fourth-order valence-electron chi connectivity index (χ4n) is 2.73. The number of aromatic carboxylic acids is 1. The van der Waals surface area contributed by atoms with E-state index in [1.807, 2.05) is 13.8 Å². The highest BCUT2D eigenvalue weighted by atomic mass is 16.5. The van der Waals surface area contributed by atoms with Crippen LogP contribution in [0, 0.1) is 6.92 Å². The van der Waals surface area contributed by atoms with Crippen LogP contribution in [0.2, 0.25) is 0 Å². The first-order valence-corrected chi connectivity index (χ1v) is 10.3. The SMILES string of the molecule is CC.COC(=O)c1ccc(C(=O)Oc2ccc(OC(=O)c3ccc(C(=O)O)cc3)cc2C)cc1. The number of benzene rings is 3. The summed E-state index contributed by atoms with van der Waals surface area (Å²) in [6.07, 6.45) is 0. The summed E-state index contributed by atoms with van der Waals surface area (Å²) in [6.45, 7) is 5.68. The van der Waals surface area contributed by atoms with Crippen LogP contribution < -0.4 is 9.47 Å². The number of aryl methyl sites for hydroxylation is 1. The second kappa shape index (κ2) is 12.0. The number of hydrogen-bond acceptors (Lipinski definition) is 7. The summed E-state index contributed by atoms with van der Waals surface area (Å²) in [5, 5.41) is 8.92. The molecule has 3 rings (SSSR count). The number of carboxylic acids is 1. The molecule has 0 aliphatic carbocycles. The van der Waals surface area contributed by atoms with E-state index in [2.05, 4.69) is 4.74 Å². The topological polar surface area (TPSA) is 116 Å². The van der Waals surface area contributed by atoms with Crippen molar-refractivity contribution in [2.24, 2.45) is 0 Å². The van der Waals surface area contributed by atoms with Crippen LogP contribution in [0.5, 0.6) is 11.5 Å². The first-order chi connectivity index (χ1) is 16.3. The van der Waals surface area contributed by atoms with Gasteiger partial charge in [0, 0.05) is 0 Å². The zero-order chi connectivity index (χ0) is 25.3. The van der Waals surface area contributed by atoms with E-state index in [0.717, 1.165) is 0 Å². The van der Waals surface area contributed by atoms with Gasteiger partial charge in [-0.3, -0.25) is 0 Å². The number of ether oxygens (including phenoxy) is 3. The highest BCUT2D eigenvalue weighted by Crippen LogP contribution is 2.25. The van der Waals surface area contributed by atoms with E-state index >= 15 is 0 Å². The van der Waals surface area contributed by atoms with Crippen molar-refractivity contribution in [1.82, 2.24) is 0 Å². The zero-order valence-electron chi connectivity index (χ0n) is 19.2. The van der Waals surface area contributed by atoms with Gasteiger partial charge in [0.05, 0.1) is 29.4 Å². The maximum atomic E-state index is 12.4. The summed E-state index contributed by atoms with van der Waals surface area (Å²) in [4.78, 5) is 47.0.